The van der Waals surface area contributed by atoms with Crippen molar-refractivity contribution in [3.63, 3.8) is 0 Å². The number of hydrogen-bond acceptors (Lipinski definition) is 1. The molecule has 0 atom stereocenters. The molecule has 3 aromatic rings. The van der Waals surface area contributed by atoms with E-state index in [0.717, 1.165) is 34.6 Å². The van der Waals surface area contributed by atoms with Crippen LogP contribution in [0.3, 0.4) is 0 Å². The second kappa shape index (κ2) is 4.04. The molecule has 0 aliphatic heterocycles. The summed E-state index contributed by atoms with van der Waals surface area (Å²) in [6, 6.07) is 10.0. The summed E-state index contributed by atoms with van der Waals surface area (Å²) in [5.41, 5.74) is 4.41. The van der Waals surface area contributed by atoms with Gasteiger partial charge in [-0.3, -0.25) is 0 Å². The van der Waals surface area contributed by atoms with E-state index >= 15 is 0 Å². The number of fused-ring (bicyclic) bond motifs is 3. The van der Waals surface area contributed by atoms with E-state index in [0.29, 0.717) is 0 Å². The van der Waals surface area contributed by atoms with E-state index in [9.17, 15) is 0 Å². The van der Waals surface area contributed by atoms with Gasteiger partial charge in [-0.1, -0.05) is 24.9 Å². The van der Waals surface area contributed by atoms with Crippen molar-refractivity contribution >= 4 is 28.2 Å². The van der Waals surface area contributed by atoms with Gasteiger partial charge in [0, 0.05) is 11.2 Å². The molecule has 0 saturated carbocycles. The lowest BCUT2D eigenvalue weighted by Crippen LogP contribution is -1.97. The van der Waals surface area contributed by atoms with E-state index in [1.807, 2.05) is 18.2 Å². The lowest BCUT2D eigenvalue weighted by molar-refractivity contribution is 0.890. The van der Waals surface area contributed by atoms with Crippen molar-refractivity contribution in [1.82, 2.24) is 9.38 Å². The molecule has 0 aliphatic carbocycles. The summed E-state index contributed by atoms with van der Waals surface area (Å²) in [5.74, 6) is 0. The summed E-state index contributed by atoms with van der Waals surface area (Å²) in [4.78, 5) is 4.72. The Morgan fingerprint density at radius 3 is 2.94 bits per heavy atom. The molecule has 2 heterocycles. The van der Waals surface area contributed by atoms with Crippen LogP contribution in [-0.4, -0.2) is 9.38 Å². The number of benzene rings is 1. The first-order valence-corrected chi connectivity index (χ1v) is 6.22. The summed E-state index contributed by atoms with van der Waals surface area (Å²) in [6.07, 6.45) is 4.17. The van der Waals surface area contributed by atoms with Gasteiger partial charge in [0.25, 0.3) is 0 Å². The molecular formula is C14H13ClN2. The largest absolute Gasteiger partial charge is 0.313 e. The molecule has 17 heavy (non-hydrogen) atoms. The Morgan fingerprint density at radius 2 is 2.12 bits per heavy atom. The molecule has 3 rings (SSSR count). The highest BCUT2D eigenvalue weighted by Crippen LogP contribution is 2.22. The van der Waals surface area contributed by atoms with Gasteiger partial charge in [-0.15, -0.1) is 0 Å². The van der Waals surface area contributed by atoms with Crippen LogP contribution in [0.2, 0.25) is 5.02 Å². The molecule has 1 aromatic carbocycles. The molecule has 86 valence electrons. The molecule has 3 heteroatoms. The van der Waals surface area contributed by atoms with Gasteiger partial charge in [0.15, 0.2) is 0 Å². The van der Waals surface area contributed by atoms with Gasteiger partial charge in [-0.05, 0) is 36.8 Å². The van der Waals surface area contributed by atoms with Crippen molar-refractivity contribution < 1.29 is 0 Å². The first-order valence-electron chi connectivity index (χ1n) is 5.85. The Hall–Kier alpha value is -1.54. The van der Waals surface area contributed by atoms with Crippen LogP contribution in [0, 0.1) is 0 Å². The summed E-state index contributed by atoms with van der Waals surface area (Å²) in [5, 5.41) is 0.735. The third-order valence-corrected chi connectivity index (χ3v) is 3.22. The van der Waals surface area contributed by atoms with Gasteiger partial charge in [-0.25, -0.2) is 4.98 Å². The van der Waals surface area contributed by atoms with Gasteiger partial charge in [-0.2, -0.15) is 0 Å². The predicted molar refractivity (Wildman–Crippen MR) is 71.7 cm³/mol. The number of aryl methyl sites for hydroxylation is 1. The Morgan fingerprint density at radius 1 is 1.24 bits per heavy atom. The van der Waals surface area contributed by atoms with E-state index in [1.165, 1.54) is 5.52 Å². The van der Waals surface area contributed by atoms with E-state index < -0.39 is 0 Å². The highest BCUT2D eigenvalue weighted by atomic mass is 35.5. The average molecular weight is 245 g/mol. The van der Waals surface area contributed by atoms with Crippen molar-refractivity contribution in [3.8, 4) is 0 Å². The molecule has 0 bridgehead atoms. The minimum absolute atomic E-state index is 0.735. The molecule has 0 N–H and O–H groups in total. The fourth-order valence-corrected chi connectivity index (χ4v) is 2.41. The molecular weight excluding hydrogens is 232 g/mol. The summed E-state index contributed by atoms with van der Waals surface area (Å²) < 4.78 is 2.18. The van der Waals surface area contributed by atoms with Crippen LogP contribution in [0.25, 0.3) is 16.6 Å². The predicted octanol–water partition coefficient (Wildman–Crippen LogP) is 4.09. The molecule has 0 amide bonds. The Bertz CT molecular complexity index is 685. The van der Waals surface area contributed by atoms with Gasteiger partial charge < -0.3 is 4.40 Å². The van der Waals surface area contributed by atoms with Crippen LogP contribution < -0.4 is 0 Å². The molecule has 0 unspecified atom stereocenters. The van der Waals surface area contributed by atoms with E-state index in [-0.39, 0.29) is 0 Å². The van der Waals surface area contributed by atoms with Crippen molar-refractivity contribution in [3.05, 3.63) is 47.2 Å². The van der Waals surface area contributed by atoms with Gasteiger partial charge in [0.2, 0.25) is 0 Å². The first-order chi connectivity index (χ1) is 8.29. The topological polar surface area (TPSA) is 17.3 Å². The van der Waals surface area contributed by atoms with Crippen molar-refractivity contribution in [1.29, 1.82) is 0 Å². The SMILES string of the molecule is CCCc1nc2cc(Cl)ccc2n2cccc12. The minimum atomic E-state index is 0.735. The standard InChI is InChI=1S/C14H13ClN2/c1-2-4-11-13-5-3-8-17(13)14-7-6-10(15)9-12(14)16-11/h3,5-9H,2,4H2,1H3. The van der Waals surface area contributed by atoms with Gasteiger partial charge in [0.1, 0.15) is 0 Å². The fraction of sp³-hybridized carbons (Fsp3) is 0.214. The third-order valence-electron chi connectivity index (χ3n) is 2.98. The molecule has 2 nitrogen and oxygen atoms in total. The molecule has 0 radical (unpaired) electrons. The van der Waals surface area contributed by atoms with Crippen molar-refractivity contribution in [2.45, 2.75) is 19.8 Å². The number of nitrogens with zero attached hydrogens (tertiary/aromatic N) is 2. The number of hydrogen-bond donors (Lipinski definition) is 0. The first kappa shape index (κ1) is 10.6. The fourth-order valence-electron chi connectivity index (χ4n) is 2.24. The normalized spacial score (nSPS) is 11.4. The summed E-state index contributed by atoms with van der Waals surface area (Å²) in [7, 11) is 0. The molecule has 2 aromatic heterocycles. The Kier molecular flexibility index (Phi) is 2.52. The van der Waals surface area contributed by atoms with Crippen molar-refractivity contribution in [2.75, 3.05) is 0 Å². The minimum Gasteiger partial charge on any atom is -0.313 e. The maximum Gasteiger partial charge on any atom is 0.0889 e. The number of halogens is 1. The smallest absolute Gasteiger partial charge is 0.0889 e. The zero-order chi connectivity index (χ0) is 11.8. The van der Waals surface area contributed by atoms with E-state index in [1.54, 1.807) is 0 Å². The van der Waals surface area contributed by atoms with E-state index in [4.69, 9.17) is 16.6 Å². The quantitative estimate of drug-likeness (QED) is 0.664. The van der Waals surface area contributed by atoms with E-state index in [2.05, 4.69) is 29.7 Å². The summed E-state index contributed by atoms with van der Waals surface area (Å²) >= 11 is 6.02. The zero-order valence-electron chi connectivity index (χ0n) is 9.65. The Balaban J connectivity index is 2.42. The van der Waals surface area contributed by atoms with Crippen molar-refractivity contribution in [2.24, 2.45) is 0 Å². The van der Waals surface area contributed by atoms with Crippen LogP contribution in [0.4, 0.5) is 0 Å². The molecule has 0 spiro atoms. The lowest BCUT2D eigenvalue weighted by Gasteiger charge is -2.07. The molecule has 0 saturated heterocycles. The molecule has 0 aliphatic rings. The van der Waals surface area contributed by atoms with Crippen LogP contribution in [-0.2, 0) is 6.42 Å². The highest BCUT2D eigenvalue weighted by Gasteiger charge is 2.07. The lowest BCUT2D eigenvalue weighted by atomic mass is 10.2. The third kappa shape index (κ3) is 1.69. The highest BCUT2D eigenvalue weighted by molar-refractivity contribution is 6.31. The summed E-state index contributed by atoms with van der Waals surface area (Å²) in [6.45, 7) is 2.17. The van der Waals surface area contributed by atoms with Gasteiger partial charge >= 0.3 is 0 Å². The van der Waals surface area contributed by atoms with Crippen LogP contribution in [0.5, 0.6) is 0 Å². The maximum absolute atomic E-state index is 6.02. The van der Waals surface area contributed by atoms with Crippen LogP contribution in [0.1, 0.15) is 19.0 Å². The second-order valence-electron chi connectivity index (χ2n) is 4.20. The zero-order valence-corrected chi connectivity index (χ0v) is 10.4. The maximum atomic E-state index is 6.02. The monoisotopic (exact) mass is 244 g/mol. The average Bonchev–Trinajstić information content (AvgIpc) is 2.78. The van der Waals surface area contributed by atoms with Crippen LogP contribution in [0.15, 0.2) is 36.5 Å². The molecule has 0 fully saturated rings. The van der Waals surface area contributed by atoms with Crippen LogP contribution >= 0.6 is 11.6 Å². The van der Waals surface area contributed by atoms with Gasteiger partial charge in [0.05, 0.1) is 22.2 Å². The Labute approximate surface area is 105 Å². The number of aromatic nitrogens is 2. The number of rotatable bonds is 2. The second-order valence-corrected chi connectivity index (χ2v) is 4.64.